The predicted octanol–water partition coefficient (Wildman–Crippen LogP) is 1.70. The Hall–Kier alpha value is -4.81. The predicted molar refractivity (Wildman–Crippen MR) is 169 cm³/mol. The quantitative estimate of drug-likeness (QED) is 0.0989. The summed E-state index contributed by atoms with van der Waals surface area (Å²) in [4.78, 5) is 55.4. The minimum atomic E-state index is -1.26. The van der Waals surface area contributed by atoms with Crippen LogP contribution >= 0.6 is 12.6 Å². The zero-order valence-corrected chi connectivity index (χ0v) is 24.7. The van der Waals surface area contributed by atoms with E-state index in [1.54, 1.807) is 48.7 Å². The Morgan fingerprint density at radius 1 is 0.727 bits per heavy atom. The van der Waals surface area contributed by atoms with Gasteiger partial charge in [0.25, 0.3) is 0 Å². The largest absolute Gasteiger partial charge is 0.508 e. The molecule has 0 fully saturated rings. The first-order valence-electron chi connectivity index (χ1n) is 14.0. The number of aromatic amines is 1. The van der Waals surface area contributed by atoms with Gasteiger partial charge in [0, 0.05) is 42.1 Å². The standard InChI is InChI=1S/C32H35N5O6S/c33-24(18-44)29(39)35-26(14-20-10-12-22(38)13-11-20)30(40)36-27(16-21-17-34-25-9-5-4-8-23(21)25)31(41)37-28(32(42)43)15-19-6-2-1-3-7-19/h1-13,17,24,26-28,34,38,44H,14-16,18,33H2,(H,35,39)(H,36,40)(H,37,41)(H,42,43). The van der Waals surface area contributed by atoms with Gasteiger partial charge < -0.3 is 36.9 Å². The SMILES string of the molecule is NC(CS)C(=O)NC(Cc1ccc(O)cc1)C(=O)NC(Cc1c[nH]c2ccccc12)C(=O)NC(Cc1ccccc1)C(=O)O. The van der Waals surface area contributed by atoms with Crippen molar-refractivity contribution in [2.75, 3.05) is 5.75 Å². The van der Waals surface area contributed by atoms with E-state index in [4.69, 9.17) is 5.73 Å². The third-order valence-electron chi connectivity index (χ3n) is 7.17. The van der Waals surface area contributed by atoms with Gasteiger partial charge in [-0.25, -0.2) is 4.79 Å². The number of hydrogen-bond acceptors (Lipinski definition) is 7. The van der Waals surface area contributed by atoms with E-state index in [0.29, 0.717) is 5.56 Å². The molecule has 0 aliphatic heterocycles. The summed E-state index contributed by atoms with van der Waals surface area (Å²) < 4.78 is 0. The van der Waals surface area contributed by atoms with Crippen molar-refractivity contribution in [2.24, 2.45) is 5.73 Å². The van der Waals surface area contributed by atoms with Gasteiger partial charge in [0.05, 0.1) is 6.04 Å². The number of carbonyl (C=O) groups excluding carboxylic acids is 3. The van der Waals surface area contributed by atoms with Crippen LogP contribution in [0.4, 0.5) is 0 Å². The molecule has 4 aromatic rings. The number of aliphatic carboxylic acids is 1. The van der Waals surface area contributed by atoms with Crippen molar-refractivity contribution in [3.05, 3.63) is 102 Å². The fraction of sp³-hybridized carbons (Fsp3) is 0.250. The molecule has 0 saturated heterocycles. The van der Waals surface area contributed by atoms with Crippen molar-refractivity contribution >= 4 is 47.2 Å². The third-order valence-corrected chi connectivity index (χ3v) is 7.57. The zero-order chi connectivity index (χ0) is 31.6. The van der Waals surface area contributed by atoms with Crippen LogP contribution in [0.2, 0.25) is 0 Å². The number of phenolic OH excluding ortho intramolecular Hbond substituents is 1. The molecule has 3 aromatic carbocycles. The fourth-order valence-electron chi connectivity index (χ4n) is 4.76. The highest BCUT2D eigenvalue weighted by atomic mass is 32.1. The highest BCUT2D eigenvalue weighted by Crippen LogP contribution is 2.20. The van der Waals surface area contributed by atoms with Gasteiger partial charge >= 0.3 is 5.97 Å². The Labute approximate surface area is 259 Å². The number of thiol groups is 1. The van der Waals surface area contributed by atoms with E-state index in [-0.39, 0.29) is 30.8 Å². The second-order valence-corrected chi connectivity index (χ2v) is 10.8. The van der Waals surface area contributed by atoms with Gasteiger partial charge in [-0.3, -0.25) is 14.4 Å². The molecule has 4 rings (SSSR count). The van der Waals surface area contributed by atoms with Gasteiger partial charge in [0.15, 0.2) is 0 Å². The van der Waals surface area contributed by atoms with Gasteiger partial charge in [-0.2, -0.15) is 12.6 Å². The normalized spacial score (nSPS) is 13.8. The number of carboxylic acids is 1. The van der Waals surface area contributed by atoms with Crippen molar-refractivity contribution < 1.29 is 29.4 Å². The number of rotatable bonds is 14. The minimum Gasteiger partial charge on any atom is -0.508 e. The molecule has 3 amide bonds. The number of amides is 3. The number of nitrogens with two attached hydrogens (primary N) is 1. The third kappa shape index (κ3) is 8.62. The maximum Gasteiger partial charge on any atom is 0.326 e. The summed E-state index contributed by atoms with van der Waals surface area (Å²) in [6.07, 6.45) is 1.84. The minimum absolute atomic E-state index is 0.0321. The number of carboxylic acid groups (broad SMARTS) is 1. The average molecular weight is 618 g/mol. The van der Waals surface area contributed by atoms with Gasteiger partial charge in [0.1, 0.15) is 23.9 Å². The number of aromatic nitrogens is 1. The monoisotopic (exact) mass is 617 g/mol. The van der Waals surface area contributed by atoms with Crippen LogP contribution in [0.15, 0.2) is 85.1 Å². The first kappa shape index (κ1) is 32.1. The summed E-state index contributed by atoms with van der Waals surface area (Å²) in [6, 6.07) is 17.9. The number of fused-ring (bicyclic) bond motifs is 1. The lowest BCUT2D eigenvalue weighted by atomic mass is 10.0. The molecule has 0 aliphatic carbocycles. The first-order chi connectivity index (χ1) is 21.1. The highest BCUT2D eigenvalue weighted by molar-refractivity contribution is 7.80. The van der Waals surface area contributed by atoms with Gasteiger partial charge in [-0.1, -0.05) is 60.7 Å². The molecule has 44 heavy (non-hydrogen) atoms. The van der Waals surface area contributed by atoms with Crippen molar-refractivity contribution in [2.45, 2.75) is 43.4 Å². The van der Waals surface area contributed by atoms with E-state index >= 15 is 0 Å². The molecule has 1 aromatic heterocycles. The fourth-order valence-corrected chi connectivity index (χ4v) is 4.93. The molecule has 8 N–H and O–H groups in total. The van der Waals surface area contributed by atoms with Crippen LogP contribution in [0.1, 0.15) is 16.7 Å². The van der Waals surface area contributed by atoms with E-state index in [0.717, 1.165) is 22.0 Å². The number of para-hydroxylation sites is 1. The van der Waals surface area contributed by atoms with Crippen LogP contribution < -0.4 is 21.7 Å². The summed E-state index contributed by atoms with van der Waals surface area (Å²) in [5.74, 6) is -3.12. The zero-order valence-electron chi connectivity index (χ0n) is 23.8. The summed E-state index contributed by atoms with van der Waals surface area (Å²) in [7, 11) is 0. The summed E-state index contributed by atoms with van der Waals surface area (Å²) in [5, 5.41) is 28.4. The van der Waals surface area contributed by atoms with Crippen LogP contribution in [0, 0.1) is 0 Å². The topological polar surface area (TPSA) is 187 Å². The number of H-pyrrole nitrogens is 1. The molecule has 4 atom stereocenters. The lowest BCUT2D eigenvalue weighted by Crippen LogP contribution is -2.58. The molecule has 0 aliphatic rings. The van der Waals surface area contributed by atoms with Crippen LogP contribution in [0.3, 0.4) is 0 Å². The summed E-state index contributed by atoms with van der Waals surface area (Å²) >= 11 is 4.07. The second-order valence-electron chi connectivity index (χ2n) is 10.4. The lowest BCUT2D eigenvalue weighted by molar-refractivity contribution is -0.142. The number of benzene rings is 3. The molecular formula is C32H35N5O6S. The average Bonchev–Trinajstić information content (AvgIpc) is 3.43. The van der Waals surface area contributed by atoms with Crippen molar-refractivity contribution in [1.82, 2.24) is 20.9 Å². The van der Waals surface area contributed by atoms with E-state index in [1.165, 1.54) is 12.1 Å². The van der Waals surface area contributed by atoms with Gasteiger partial charge in [0.2, 0.25) is 17.7 Å². The summed E-state index contributed by atoms with van der Waals surface area (Å²) in [5.41, 5.74) is 8.75. The van der Waals surface area contributed by atoms with Crippen LogP contribution in [-0.4, -0.2) is 68.8 Å². The Morgan fingerprint density at radius 2 is 1.27 bits per heavy atom. The van der Waals surface area contributed by atoms with E-state index in [1.807, 2.05) is 24.3 Å². The van der Waals surface area contributed by atoms with E-state index < -0.39 is 47.9 Å². The Kier molecular flexibility index (Phi) is 11.0. The lowest BCUT2D eigenvalue weighted by Gasteiger charge is -2.25. The molecule has 0 bridgehead atoms. The smallest absolute Gasteiger partial charge is 0.326 e. The first-order valence-corrected chi connectivity index (χ1v) is 14.6. The maximum atomic E-state index is 13.7. The van der Waals surface area contributed by atoms with Crippen molar-refractivity contribution in [3.63, 3.8) is 0 Å². The molecule has 4 unspecified atom stereocenters. The van der Waals surface area contributed by atoms with Crippen molar-refractivity contribution in [3.8, 4) is 5.75 Å². The van der Waals surface area contributed by atoms with Gasteiger partial charge in [-0.05, 0) is 34.9 Å². The molecule has 1 heterocycles. The number of carbonyl (C=O) groups is 4. The number of nitrogens with one attached hydrogen (secondary N) is 4. The van der Waals surface area contributed by atoms with Crippen LogP contribution in [-0.2, 0) is 38.4 Å². The van der Waals surface area contributed by atoms with Crippen LogP contribution in [0.25, 0.3) is 10.9 Å². The van der Waals surface area contributed by atoms with Gasteiger partial charge in [-0.15, -0.1) is 0 Å². The van der Waals surface area contributed by atoms with Crippen LogP contribution in [0.5, 0.6) is 5.75 Å². The molecular weight excluding hydrogens is 582 g/mol. The number of hydrogen-bond donors (Lipinski definition) is 8. The maximum absolute atomic E-state index is 13.7. The molecule has 0 radical (unpaired) electrons. The number of phenols is 1. The van der Waals surface area contributed by atoms with Crippen molar-refractivity contribution in [1.29, 1.82) is 0 Å². The highest BCUT2D eigenvalue weighted by Gasteiger charge is 2.31. The molecule has 0 saturated carbocycles. The second kappa shape index (κ2) is 15.1. The Bertz CT molecular complexity index is 1590. The van der Waals surface area contributed by atoms with E-state index in [9.17, 15) is 29.4 Å². The molecule has 230 valence electrons. The van der Waals surface area contributed by atoms with E-state index in [2.05, 4.69) is 33.6 Å². The summed E-state index contributed by atoms with van der Waals surface area (Å²) in [6.45, 7) is 0. The Morgan fingerprint density at radius 3 is 1.93 bits per heavy atom. The number of aromatic hydroxyl groups is 1. The molecule has 12 heteroatoms. The molecule has 11 nitrogen and oxygen atoms in total. The molecule has 0 spiro atoms. The Balaban J connectivity index is 1.61.